The predicted molar refractivity (Wildman–Crippen MR) is 63.5 cm³/mol. The van der Waals surface area contributed by atoms with Crippen LogP contribution in [0.3, 0.4) is 0 Å². The lowest BCUT2D eigenvalue weighted by molar-refractivity contribution is -0.0831. The van der Waals surface area contributed by atoms with Gasteiger partial charge >= 0.3 is 0 Å². The molecule has 0 radical (unpaired) electrons. The Kier molecular flexibility index (Phi) is 3.49. The number of hydrogen-bond acceptors (Lipinski definition) is 5. The fraction of sp³-hybridized carbons (Fsp3) is 0.833. The summed E-state index contributed by atoms with van der Waals surface area (Å²) in [5.74, 6) is 1.32. The third-order valence-corrected chi connectivity index (χ3v) is 3.04. The zero-order chi connectivity index (χ0) is 12.5. The molecule has 1 unspecified atom stereocenters. The number of rotatable bonds is 2. The zero-order valence-electron chi connectivity index (χ0n) is 11.1. The van der Waals surface area contributed by atoms with Crippen LogP contribution < -0.4 is 0 Å². The first-order chi connectivity index (χ1) is 7.95. The largest absolute Gasteiger partial charge is 0.424 e. The molecule has 1 aliphatic heterocycles. The van der Waals surface area contributed by atoms with Crippen LogP contribution in [-0.2, 0) is 11.3 Å². The minimum absolute atomic E-state index is 0.170. The van der Waals surface area contributed by atoms with Crippen LogP contribution in [0.25, 0.3) is 0 Å². The maximum Gasteiger partial charge on any atom is 0.230 e. The van der Waals surface area contributed by atoms with E-state index in [2.05, 4.69) is 35.9 Å². The van der Waals surface area contributed by atoms with Crippen molar-refractivity contribution in [1.29, 1.82) is 0 Å². The average molecular weight is 239 g/mol. The molecule has 1 aromatic heterocycles. The van der Waals surface area contributed by atoms with Crippen molar-refractivity contribution in [3.05, 3.63) is 11.8 Å². The van der Waals surface area contributed by atoms with E-state index in [0.29, 0.717) is 11.8 Å². The molecular weight excluding hydrogens is 218 g/mol. The summed E-state index contributed by atoms with van der Waals surface area (Å²) < 4.78 is 11.2. The molecule has 0 bridgehead atoms. The lowest BCUT2D eigenvalue weighted by Gasteiger charge is -2.39. The van der Waals surface area contributed by atoms with Gasteiger partial charge in [0, 0.05) is 20.0 Å². The van der Waals surface area contributed by atoms with E-state index in [0.717, 1.165) is 26.2 Å². The van der Waals surface area contributed by atoms with Gasteiger partial charge in [-0.25, -0.2) is 0 Å². The summed E-state index contributed by atoms with van der Waals surface area (Å²) in [4.78, 5) is 2.31. The smallest absolute Gasteiger partial charge is 0.230 e. The van der Waals surface area contributed by atoms with E-state index in [1.165, 1.54) is 0 Å². The molecule has 0 aromatic carbocycles. The second kappa shape index (κ2) is 4.74. The summed E-state index contributed by atoms with van der Waals surface area (Å²) in [6.07, 6.45) is 0.264. The van der Waals surface area contributed by atoms with Crippen molar-refractivity contribution in [3.63, 3.8) is 0 Å². The third-order valence-electron chi connectivity index (χ3n) is 3.04. The van der Waals surface area contributed by atoms with Crippen molar-refractivity contribution in [2.45, 2.75) is 40.3 Å². The van der Waals surface area contributed by atoms with Crippen molar-refractivity contribution >= 4 is 0 Å². The standard InChI is InChI=1S/C12H21N3O2/c1-9-13-14-11(17-9)8-15-5-6-16-10(7-15)12(2,3)4/h10H,5-8H2,1-4H3. The summed E-state index contributed by atoms with van der Waals surface area (Å²) in [6, 6.07) is 0. The number of ether oxygens (including phenoxy) is 1. The fourth-order valence-electron chi connectivity index (χ4n) is 1.96. The minimum atomic E-state index is 0.170. The van der Waals surface area contributed by atoms with Crippen molar-refractivity contribution in [2.24, 2.45) is 5.41 Å². The van der Waals surface area contributed by atoms with Gasteiger partial charge in [0.25, 0.3) is 0 Å². The maximum absolute atomic E-state index is 5.81. The molecule has 5 heteroatoms. The van der Waals surface area contributed by atoms with Crippen LogP contribution >= 0.6 is 0 Å². The lowest BCUT2D eigenvalue weighted by Crippen LogP contribution is -2.47. The third kappa shape index (κ3) is 3.26. The van der Waals surface area contributed by atoms with E-state index in [4.69, 9.17) is 9.15 Å². The molecule has 2 rings (SSSR count). The van der Waals surface area contributed by atoms with Crippen molar-refractivity contribution < 1.29 is 9.15 Å². The molecular formula is C12H21N3O2. The summed E-state index contributed by atoms with van der Waals surface area (Å²) in [7, 11) is 0. The van der Waals surface area contributed by atoms with Gasteiger partial charge in [0.05, 0.1) is 19.3 Å². The normalized spacial score (nSPS) is 22.9. The monoisotopic (exact) mass is 239 g/mol. The van der Waals surface area contributed by atoms with Crippen molar-refractivity contribution in [1.82, 2.24) is 15.1 Å². The Bertz CT molecular complexity index is 370. The van der Waals surface area contributed by atoms with Gasteiger partial charge in [-0.15, -0.1) is 10.2 Å². The van der Waals surface area contributed by atoms with Crippen molar-refractivity contribution in [3.8, 4) is 0 Å². The quantitative estimate of drug-likeness (QED) is 0.785. The van der Waals surface area contributed by atoms with Gasteiger partial charge in [-0.1, -0.05) is 20.8 Å². The molecule has 0 saturated carbocycles. The Morgan fingerprint density at radius 2 is 2.12 bits per heavy atom. The highest BCUT2D eigenvalue weighted by molar-refractivity contribution is 4.85. The van der Waals surface area contributed by atoms with E-state index in [1.807, 2.05) is 6.92 Å². The molecule has 1 saturated heterocycles. The maximum atomic E-state index is 5.81. The van der Waals surface area contributed by atoms with Gasteiger partial charge in [0.15, 0.2) is 0 Å². The first-order valence-corrected chi connectivity index (χ1v) is 6.08. The van der Waals surface area contributed by atoms with Crippen molar-refractivity contribution in [2.75, 3.05) is 19.7 Å². The second-order valence-corrected chi connectivity index (χ2v) is 5.68. The minimum Gasteiger partial charge on any atom is -0.424 e. The van der Waals surface area contributed by atoms with Gasteiger partial charge in [-0.05, 0) is 5.41 Å². The molecule has 0 aliphatic carbocycles. The predicted octanol–water partition coefficient (Wildman–Crippen LogP) is 1.62. The second-order valence-electron chi connectivity index (χ2n) is 5.68. The summed E-state index contributed by atoms with van der Waals surface area (Å²) in [5.41, 5.74) is 0.170. The molecule has 17 heavy (non-hydrogen) atoms. The number of aryl methyl sites for hydroxylation is 1. The molecule has 1 aromatic rings. The summed E-state index contributed by atoms with van der Waals surface area (Å²) >= 11 is 0. The molecule has 0 spiro atoms. The highest BCUT2D eigenvalue weighted by Gasteiger charge is 2.31. The van der Waals surface area contributed by atoms with Gasteiger partial charge in [-0.3, -0.25) is 4.90 Å². The lowest BCUT2D eigenvalue weighted by atomic mass is 9.88. The molecule has 0 N–H and O–H groups in total. The Morgan fingerprint density at radius 1 is 1.35 bits per heavy atom. The topological polar surface area (TPSA) is 51.4 Å². The molecule has 96 valence electrons. The molecule has 5 nitrogen and oxygen atoms in total. The van der Waals surface area contributed by atoms with E-state index in [9.17, 15) is 0 Å². The average Bonchev–Trinajstić information content (AvgIpc) is 2.63. The molecule has 2 heterocycles. The summed E-state index contributed by atoms with van der Waals surface area (Å²) in [5, 5.41) is 7.87. The van der Waals surface area contributed by atoms with E-state index in [1.54, 1.807) is 0 Å². The van der Waals surface area contributed by atoms with Crippen LogP contribution in [0.1, 0.15) is 32.6 Å². The SMILES string of the molecule is Cc1nnc(CN2CCOC(C(C)(C)C)C2)o1. The van der Waals surface area contributed by atoms with Gasteiger partial charge < -0.3 is 9.15 Å². The van der Waals surface area contributed by atoms with Gasteiger partial charge in [0.1, 0.15) is 0 Å². The molecule has 1 aliphatic rings. The van der Waals surface area contributed by atoms with E-state index in [-0.39, 0.29) is 11.5 Å². The van der Waals surface area contributed by atoms with Crippen LogP contribution in [0.5, 0.6) is 0 Å². The van der Waals surface area contributed by atoms with Gasteiger partial charge in [0.2, 0.25) is 11.8 Å². The van der Waals surface area contributed by atoms with E-state index >= 15 is 0 Å². The van der Waals surface area contributed by atoms with E-state index < -0.39 is 0 Å². The highest BCUT2D eigenvalue weighted by atomic mass is 16.5. The van der Waals surface area contributed by atoms with Gasteiger partial charge in [-0.2, -0.15) is 0 Å². The molecule has 1 atom stereocenters. The fourth-order valence-corrected chi connectivity index (χ4v) is 1.96. The van der Waals surface area contributed by atoms with Crippen LogP contribution in [0.15, 0.2) is 4.42 Å². The number of aromatic nitrogens is 2. The van der Waals surface area contributed by atoms with Crippen LogP contribution in [0, 0.1) is 12.3 Å². The highest BCUT2D eigenvalue weighted by Crippen LogP contribution is 2.25. The molecule has 0 amide bonds. The first-order valence-electron chi connectivity index (χ1n) is 6.08. The first kappa shape index (κ1) is 12.5. The Labute approximate surface area is 102 Å². The van der Waals surface area contributed by atoms with Crippen LogP contribution in [-0.4, -0.2) is 40.9 Å². The van der Waals surface area contributed by atoms with Crippen LogP contribution in [0.2, 0.25) is 0 Å². The number of hydrogen-bond donors (Lipinski definition) is 0. The Morgan fingerprint density at radius 3 is 2.71 bits per heavy atom. The Balaban J connectivity index is 1.94. The number of nitrogens with zero attached hydrogens (tertiary/aromatic N) is 3. The zero-order valence-corrected chi connectivity index (χ0v) is 11.1. The summed E-state index contributed by atoms with van der Waals surface area (Å²) in [6.45, 7) is 11.8. The van der Waals surface area contributed by atoms with Crippen LogP contribution in [0.4, 0.5) is 0 Å². The number of morpholine rings is 1. The Hall–Kier alpha value is -0.940. The molecule has 1 fully saturated rings.